The fraction of sp³-hybridized carbons (Fsp3) is 0.474. The SMILES string of the molecule is COc1ccc(OC)c(/C=C/C(=O)O[C@H](C)C(=O)NC2CCCC2)c1. The molecule has 0 spiro atoms. The van der Waals surface area contributed by atoms with Crippen LogP contribution in [0.4, 0.5) is 0 Å². The van der Waals surface area contributed by atoms with Crippen LogP contribution >= 0.6 is 0 Å². The first kappa shape index (κ1) is 18.8. The van der Waals surface area contributed by atoms with Crippen LogP contribution in [0.3, 0.4) is 0 Å². The molecule has 25 heavy (non-hydrogen) atoms. The molecule has 0 heterocycles. The fourth-order valence-electron chi connectivity index (χ4n) is 2.78. The van der Waals surface area contributed by atoms with Crippen molar-refractivity contribution in [1.82, 2.24) is 5.32 Å². The third-order valence-corrected chi connectivity index (χ3v) is 4.20. The number of hydrogen-bond acceptors (Lipinski definition) is 5. The van der Waals surface area contributed by atoms with Crippen LogP contribution < -0.4 is 14.8 Å². The van der Waals surface area contributed by atoms with Crippen LogP contribution in [-0.2, 0) is 14.3 Å². The number of hydrogen-bond donors (Lipinski definition) is 1. The second kappa shape index (κ2) is 9.11. The number of nitrogens with one attached hydrogen (secondary N) is 1. The number of methoxy groups -OCH3 is 2. The molecule has 0 bridgehead atoms. The highest BCUT2D eigenvalue weighted by atomic mass is 16.5. The van der Waals surface area contributed by atoms with Crippen molar-refractivity contribution in [2.24, 2.45) is 0 Å². The van der Waals surface area contributed by atoms with Crippen molar-refractivity contribution < 1.29 is 23.8 Å². The average molecular weight is 347 g/mol. The molecule has 0 saturated heterocycles. The highest BCUT2D eigenvalue weighted by molar-refractivity contribution is 5.90. The maximum absolute atomic E-state index is 12.0. The minimum Gasteiger partial charge on any atom is -0.497 e. The number of esters is 1. The van der Waals surface area contributed by atoms with E-state index in [0.29, 0.717) is 17.1 Å². The van der Waals surface area contributed by atoms with Crippen LogP contribution in [0.15, 0.2) is 24.3 Å². The van der Waals surface area contributed by atoms with Gasteiger partial charge in [0.25, 0.3) is 5.91 Å². The molecule has 1 saturated carbocycles. The van der Waals surface area contributed by atoms with Gasteiger partial charge in [0, 0.05) is 17.7 Å². The quantitative estimate of drug-likeness (QED) is 0.606. The van der Waals surface area contributed by atoms with Gasteiger partial charge in [0.2, 0.25) is 0 Å². The second-order valence-electron chi connectivity index (χ2n) is 6.01. The van der Waals surface area contributed by atoms with E-state index in [1.807, 2.05) is 0 Å². The van der Waals surface area contributed by atoms with Gasteiger partial charge in [0.05, 0.1) is 14.2 Å². The zero-order valence-corrected chi connectivity index (χ0v) is 14.9. The van der Waals surface area contributed by atoms with E-state index in [0.717, 1.165) is 25.7 Å². The lowest BCUT2D eigenvalue weighted by Gasteiger charge is -2.16. The molecule has 0 radical (unpaired) electrons. The Morgan fingerprint density at radius 3 is 2.56 bits per heavy atom. The van der Waals surface area contributed by atoms with Crippen LogP contribution in [0.1, 0.15) is 38.2 Å². The maximum Gasteiger partial charge on any atom is 0.331 e. The summed E-state index contributed by atoms with van der Waals surface area (Å²) in [5, 5.41) is 2.91. The molecule has 0 aromatic heterocycles. The van der Waals surface area contributed by atoms with E-state index in [1.165, 1.54) is 6.08 Å². The van der Waals surface area contributed by atoms with Gasteiger partial charge in [-0.05, 0) is 44.0 Å². The summed E-state index contributed by atoms with van der Waals surface area (Å²) in [6.45, 7) is 1.57. The van der Waals surface area contributed by atoms with E-state index >= 15 is 0 Å². The van der Waals surface area contributed by atoms with Gasteiger partial charge in [-0.25, -0.2) is 4.79 Å². The lowest BCUT2D eigenvalue weighted by Crippen LogP contribution is -2.40. The summed E-state index contributed by atoms with van der Waals surface area (Å²) in [6.07, 6.45) is 6.25. The van der Waals surface area contributed by atoms with Crippen LogP contribution in [0.25, 0.3) is 6.08 Å². The van der Waals surface area contributed by atoms with Gasteiger partial charge in [0.1, 0.15) is 11.5 Å². The van der Waals surface area contributed by atoms with Crippen molar-refractivity contribution in [2.45, 2.75) is 44.8 Å². The number of carbonyl (C=O) groups excluding carboxylic acids is 2. The Balaban J connectivity index is 1.92. The third kappa shape index (κ3) is 5.52. The van der Waals surface area contributed by atoms with Gasteiger partial charge in [-0.15, -0.1) is 0 Å². The molecule has 1 aliphatic carbocycles. The summed E-state index contributed by atoms with van der Waals surface area (Å²) in [6, 6.07) is 5.47. The van der Waals surface area contributed by atoms with E-state index in [9.17, 15) is 9.59 Å². The van der Waals surface area contributed by atoms with Crippen molar-refractivity contribution in [3.63, 3.8) is 0 Å². The molecular weight excluding hydrogens is 322 g/mol. The highest BCUT2D eigenvalue weighted by Crippen LogP contribution is 2.25. The van der Waals surface area contributed by atoms with Crippen LogP contribution in [-0.4, -0.2) is 38.2 Å². The Hall–Kier alpha value is -2.50. The Kier molecular flexibility index (Phi) is 6.86. The minimum absolute atomic E-state index is 0.199. The lowest BCUT2D eigenvalue weighted by atomic mass is 10.1. The number of benzene rings is 1. The molecule has 1 aliphatic rings. The molecule has 1 aromatic rings. The van der Waals surface area contributed by atoms with Crippen LogP contribution in [0.5, 0.6) is 11.5 Å². The van der Waals surface area contributed by atoms with Gasteiger partial charge in [-0.2, -0.15) is 0 Å². The van der Waals surface area contributed by atoms with E-state index < -0.39 is 12.1 Å². The molecule has 6 nitrogen and oxygen atoms in total. The molecule has 6 heteroatoms. The highest BCUT2D eigenvalue weighted by Gasteiger charge is 2.22. The lowest BCUT2D eigenvalue weighted by molar-refractivity contribution is -0.150. The zero-order chi connectivity index (χ0) is 18.2. The van der Waals surface area contributed by atoms with E-state index in [4.69, 9.17) is 14.2 Å². The summed E-state index contributed by atoms with van der Waals surface area (Å²) in [4.78, 5) is 24.0. The van der Waals surface area contributed by atoms with Crippen LogP contribution in [0.2, 0.25) is 0 Å². The molecule has 0 aliphatic heterocycles. The first-order valence-electron chi connectivity index (χ1n) is 8.44. The molecule has 0 unspecified atom stereocenters. The van der Waals surface area contributed by atoms with E-state index in [-0.39, 0.29) is 11.9 Å². The van der Waals surface area contributed by atoms with Crippen molar-refractivity contribution in [3.05, 3.63) is 29.8 Å². The number of rotatable bonds is 7. The van der Waals surface area contributed by atoms with Crippen LogP contribution in [0, 0.1) is 0 Å². The minimum atomic E-state index is -0.829. The monoisotopic (exact) mass is 347 g/mol. The molecule has 1 N–H and O–H groups in total. The predicted molar refractivity (Wildman–Crippen MR) is 94.5 cm³/mol. The standard InChI is InChI=1S/C19H25NO5/c1-13(19(22)20-15-6-4-5-7-15)25-18(21)11-8-14-12-16(23-2)9-10-17(14)24-3/h8-13,15H,4-7H2,1-3H3,(H,20,22)/b11-8+/t13-/m1/s1. The Bertz CT molecular complexity index is 635. The summed E-state index contributed by atoms with van der Waals surface area (Å²) < 4.78 is 15.6. The van der Waals surface area contributed by atoms with Gasteiger partial charge in [-0.1, -0.05) is 12.8 Å². The smallest absolute Gasteiger partial charge is 0.331 e. The number of ether oxygens (including phenoxy) is 3. The molecule has 1 fully saturated rings. The molecule has 1 amide bonds. The summed E-state index contributed by atoms with van der Waals surface area (Å²) in [5.74, 6) is 0.418. The first-order valence-corrected chi connectivity index (χ1v) is 8.44. The maximum atomic E-state index is 12.0. The topological polar surface area (TPSA) is 73.9 Å². The summed E-state index contributed by atoms with van der Waals surface area (Å²) in [7, 11) is 3.11. The largest absolute Gasteiger partial charge is 0.497 e. The van der Waals surface area contributed by atoms with E-state index in [2.05, 4.69) is 5.32 Å². The van der Waals surface area contributed by atoms with Crippen molar-refractivity contribution in [2.75, 3.05) is 14.2 Å². The molecule has 2 rings (SSSR count). The molecule has 1 atom stereocenters. The molecule has 136 valence electrons. The average Bonchev–Trinajstić information content (AvgIpc) is 3.12. The van der Waals surface area contributed by atoms with Crippen molar-refractivity contribution >= 4 is 18.0 Å². The molecule has 1 aromatic carbocycles. The fourth-order valence-corrected chi connectivity index (χ4v) is 2.78. The summed E-state index contributed by atoms with van der Waals surface area (Å²) in [5.41, 5.74) is 0.682. The number of carbonyl (C=O) groups is 2. The predicted octanol–water partition coefficient (Wildman–Crippen LogP) is 2.71. The molecular formula is C19H25NO5. The van der Waals surface area contributed by atoms with E-state index in [1.54, 1.807) is 45.4 Å². The normalized spacial score (nSPS) is 15.8. The van der Waals surface area contributed by atoms with Gasteiger partial charge in [0.15, 0.2) is 6.10 Å². The number of amides is 1. The first-order chi connectivity index (χ1) is 12.0. The Morgan fingerprint density at radius 2 is 1.92 bits per heavy atom. The Morgan fingerprint density at radius 1 is 1.20 bits per heavy atom. The van der Waals surface area contributed by atoms with Gasteiger partial charge < -0.3 is 19.5 Å². The third-order valence-electron chi connectivity index (χ3n) is 4.20. The van der Waals surface area contributed by atoms with Gasteiger partial charge >= 0.3 is 5.97 Å². The van der Waals surface area contributed by atoms with Crippen molar-refractivity contribution in [1.29, 1.82) is 0 Å². The van der Waals surface area contributed by atoms with Gasteiger partial charge in [-0.3, -0.25) is 4.79 Å². The second-order valence-corrected chi connectivity index (χ2v) is 6.01. The summed E-state index contributed by atoms with van der Waals surface area (Å²) >= 11 is 0. The zero-order valence-electron chi connectivity index (χ0n) is 14.9. The van der Waals surface area contributed by atoms with Crippen molar-refractivity contribution in [3.8, 4) is 11.5 Å². The Labute approximate surface area is 148 Å².